The quantitative estimate of drug-likeness (QED) is 0.409. The molecule has 1 atom stereocenters. The van der Waals surface area contributed by atoms with Crippen LogP contribution in [0.2, 0.25) is 0 Å². The zero-order valence-corrected chi connectivity index (χ0v) is 22.6. The maximum Gasteiger partial charge on any atom is 0.252 e. The largest absolute Gasteiger partial charge is 0.497 e. The molecule has 1 aliphatic rings. The van der Waals surface area contributed by atoms with Crippen LogP contribution in [0.25, 0.3) is 0 Å². The first kappa shape index (κ1) is 26.6. The Balaban J connectivity index is 1.77. The number of hydrogen-bond donors (Lipinski definition) is 0. The Morgan fingerprint density at radius 3 is 2.08 bits per heavy atom. The third-order valence-electron chi connectivity index (χ3n) is 7.13. The second-order valence-corrected chi connectivity index (χ2v) is 11.3. The van der Waals surface area contributed by atoms with Crippen LogP contribution in [0, 0.1) is 27.7 Å². The fourth-order valence-corrected chi connectivity index (χ4v) is 7.02. The van der Waals surface area contributed by atoms with Gasteiger partial charge in [0, 0.05) is 6.54 Å². The van der Waals surface area contributed by atoms with Crippen LogP contribution >= 0.6 is 0 Å². The number of anilines is 1. The molecule has 0 radical (unpaired) electrons. The second kappa shape index (κ2) is 10.5. The van der Waals surface area contributed by atoms with E-state index in [0.717, 1.165) is 21.6 Å². The van der Waals surface area contributed by atoms with E-state index in [0.29, 0.717) is 29.0 Å². The number of sulfonamides is 1. The predicted octanol–water partition coefficient (Wildman–Crippen LogP) is 4.49. The molecule has 0 aliphatic carbocycles. The van der Waals surface area contributed by atoms with Crippen molar-refractivity contribution in [3.63, 3.8) is 0 Å². The highest BCUT2D eigenvalue weighted by Gasteiger charge is 2.47. The van der Waals surface area contributed by atoms with Gasteiger partial charge >= 0.3 is 0 Å². The molecule has 1 aliphatic heterocycles. The molecule has 3 aromatic carbocycles. The highest BCUT2D eigenvalue weighted by Crippen LogP contribution is 2.34. The van der Waals surface area contributed by atoms with Gasteiger partial charge in [-0.05, 0) is 86.2 Å². The third kappa shape index (κ3) is 5.04. The van der Waals surface area contributed by atoms with Gasteiger partial charge in [-0.2, -0.15) is 4.31 Å². The van der Waals surface area contributed by atoms with Gasteiger partial charge in [0.15, 0.2) is 0 Å². The van der Waals surface area contributed by atoms with E-state index in [9.17, 15) is 18.0 Å². The molecule has 1 heterocycles. The first-order chi connectivity index (χ1) is 17.6. The van der Waals surface area contributed by atoms with Crippen LogP contribution in [-0.2, 0) is 26.0 Å². The van der Waals surface area contributed by atoms with E-state index in [1.165, 1.54) is 11.4 Å². The van der Waals surface area contributed by atoms with E-state index < -0.39 is 27.9 Å². The number of carbonyl (C=O) groups is 2. The van der Waals surface area contributed by atoms with Crippen molar-refractivity contribution in [3.8, 4) is 5.75 Å². The van der Waals surface area contributed by atoms with Gasteiger partial charge in [-0.3, -0.25) is 9.59 Å². The minimum Gasteiger partial charge on any atom is -0.497 e. The molecular weight excluding hydrogens is 488 g/mol. The number of aryl methyl sites for hydroxylation is 2. The van der Waals surface area contributed by atoms with Crippen molar-refractivity contribution >= 4 is 27.5 Å². The van der Waals surface area contributed by atoms with Crippen LogP contribution in [0.15, 0.2) is 65.6 Å². The molecule has 1 saturated heterocycles. The van der Waals surface area contributed by atoms with E-state index in [2.05, 4.69) is 0 Å². The molecule has 1 fully saturated rings. The highest BCUT2D eigenvalue weighted by molar-refractivity contribution is 7.89. The van der Waals surface area contributed by atoms with Crippen LogP contribution in [-0.4, -0.2) is 44.2 Å². The Morgan fingerprint density at radius 1 is 0.919 bits per heavy atom. The lowest BCUT2D eigenvalue weighted by Crippen LogP contribution is -2.46. The zero-order valence-electron chi connectivity index (χ0n) is 21.8. The number of benzene rings is 3. The number of rotatable bonds is 8. The monoisotopic (exact) mass is 520 g/mol. The van der Waals surface area contributed by atoms with Crippen molar-refractivity contribution in [1.82, 2.24) is 4.31 Å². The number of hydrogen-bond acceptors (Lipinski definition) is 5. The fourth-order valence-electron chi connectivity index (χ4n) is 4.86. The van der Waals surface area contributed by atoms with Crippen LogP contribution in [0.1, 0.15) is 34.2 Å². The van der Waals surface area contributed by atoms with Crippen molar-refractivity contribution < 1.29 is 22.7 Å². The molecule has 0 saturated carbocycles. The van der Waals surface area contributed by atoms with E-state index in [4.69, 9.17) is 4.74 Å². The molecule has 37 heavy (non-hydrogen) atoms. The summed E-state index contributed by atoms with van der Waals surface area (Å²) in [5.74, 6) is -0.396. The average molecular weight is 521 g/mol. The minimum atomic E-state index is -4.12. The predicted molar refractivity (Wildman–Crippen MR) is 143 cm³/mol. The standard InChI is InChI=1S/C29H32N2O5S/c1-19-17-20(2)22(4)28(21(19)3)37(34,35)30(16-15-23-9-7-6-8-10-23)26-18-27(32)31(29(26)33)24-11-13-25(36-5)14-12-24/h6-14,17,26H,15-16,18H2,1-5H3. The lowest BCUT2D eigenvalue weighted by molar-refractivity contribution is -0.122. The first-order valence-electron chi connectivity index (χ1n) is 12.2. The molecule has 194 valence electrons. The molecule has 0 N–H and O–H groups in total. The van der Waals surface area contributed by atoms with Crippen molar-refractivity contribution in [3.05, 3.63) is 88.5 Å². The molecule has 7 nitrogen and oxygen atoms in total. The second-order valence-electron chi connectivity index (χ2n) is 9.43. The summed E-state index contributed by atoms with van der Waals surface area (Å²) < 4.78 is 35.0. The van der Waals surface area contributed by atoms with Crippen LogP contribution in [0.4, 0.5) is 5.69 Å². The molecule has 0 aromatic heterocycles. The van der Waals surface area contributed by atoms with Crippen molar-refractivity contribution in [2.24, 2.45) is 0 Å². The summed E-state index contributed by atoms with van der Waals surface area (Å²) in [6.07, 6.45) is 0.186. The Hall–Kier alpha value is -3.49. The lowest BCUT2D eigenvalue weighted by Gasteiger charge is -2.29. The van der Waals surface area contributed by atoms with Gasteiger partial charge in [0.05, 0.1) is 24.1 Å². The van der Waals surface area contributed by atoms with Gasteiger partial charge in [0.25, 0.3) is 5.91 Å². The zero-order chi connectivity index (χ0) is 26.9. The number of methoxy groups -OCH3 is 1. The molecule has 0 bridgehead atoms. The third-order valence-corrected chi connectivity index (χ3v) is 9.31. The van der Waals surface area contributed by atoms with Crippen LogP contribution in [0.3, 0.4) is 0 Å². The molecule has 8 heteroatoms. The molecule has 0 spiro atoms. The van der Waals surface area contributed by atoms with E-state index in [-0.39, 0.29) is 17.9 Å². The molecular formula is C29H32N2O5S. The first-order valence-corrected chi connectivity index (χ1v) is 13.6. The normalized spacial score (nSPS) is 16.1. The summed E-state index contributed by atoms with van der Waals surface area (Å²) in [7, 11) is -2.59. The number of amides is 2. The van der Waals surface area contributed by atoms with Gasteiger partial charge in [-0.25, -0.2) is 13.3 Å². The summed E-state index contributed by atoms with van der Waals surface area (Å²) in [5.41, 5.74) is 4.35. The van der Waals surface area contributed by atoms with Gasteiger partial charge in [0.1, 0.15) is 11.8 Å². The van der Waals surface area contributed by atoms with Gasteiger partial charge in [-0.15, -0.1) is 0 Å². The number of ether oxygens (including phenoxy) is 1. The summed E-state index contributed by atoms with van der Waals surface area (Å²) >= 11 is 0. The summed E-state index contributed by atoms with van der Waals surface area (Å²) in [6, 6.07) is 16.9. The van der Waals surface area contributed by atoms with Crippen LogP contribution in [0.5, 0.6) is 5.75 Å². The van der Waals surface area contributed by atoms with Crippen molar-refractivity contribution in [1.29, 1.82) is 0 Å². The van der Waals surface area contributed by atoms with Crippen molar-refractivity contribution in [2.75, 3.05) is 18.6 Å². The Kier molecular flexibility index (Phi) is 7.52. The smallest absolute Gasteiger partial charge is 0.252 e. The summed E-state index contributed by atoms with van der Waals surface area (Å²) in [4.78, 5) is 28.0. The van der Waals surface area contributed by atoms with Gasteiger partial charge < -0.3 is 4.74 Å². The summed E-state index contributed by atoms with van der Waals surface area (Å²) in [6.45, 7) is 7.40. The lowest BCUT2D eigenvalue weighted by atomic mass is 10.0. The molecule has 2 amide bonds. The van der Waals surface area contributed by atoms with Gasteiger partial charge in [-0.1, -0.05) is 36.4 Å². The van der Waals surface area contributed by atoms with E-state index in [1.807, 2.05) is 50.2 Å². The van der Waals surface area contributed by atoms with E-state index >= 15 is 0 Å². The fraction of sp³-hybridized carbons (Fsp3) is 0.310. The maximum absolute atomic E-state index is 14.3. The number of nitrogens with zero attached hydrogens (tertiary/aromatic N) is 2. The molecule has 4 rings (SSSR count). The minimum absolute atomic E-state index is 0.0678. The maximum atomic E-state index is 14.3. The number of imide groups is 1. The molecule has 3 aromatic rings. The SMILES string of the molecule is COc1ccc(N2C(=O)CC(N(CCc3ccccc3)S(=O)(=O)c3c(C)c(C)cc(C)c3C)C2=O)cc1. The highest BCUT2D eigenvalue weighted by atomic mass is 32.2. The molecule has 1 unspecified atom stereocenters. The average Bonchev–Trinajstić information content (AvgIpc) is 3.16. The number of carbonyl (C=O) groups excluding carboxylic acids is 2. The Morgan fingerprint density at radius 2 is 1.51 bits per heavy atom. The Labute approximate surface area is 218 Å². The Bertz CT molecular complexity index is 1410. The van der Waals surface area contributed by atoms with Gasteiger partial charge in [0.2, 0.25) is 15.9 Å². The van der Waals surface area contributed by atoms with Crippen molar-refractivity contribution in [2.45, 2.75) is 51.5 Å². The van der Waals surface area contributed by atoms with E-state index in [1.54, 1.807) is 38.1 Å². The topological polar surface area (TPSA) is 84.0 Å². The summed E-state index contributed by atoms with van der Waals surface area (Å²) in [5, 5.41) is 0. The van der Waals surface area contributed by atoms with Crippen LogP contribution < -0.4 is 9.64 Å².